The Bertz CT molecular complexity index is 766. The maximum absolute atomic E-state index is 6.39. The van der Waals surface area contributed by atoms with Gasteiger partial charge in [-0.1, -0.05) is 74.5 Å². The van der Waals surface area contributed by atoms with Crippen LogP contribution >= 0.6 is 0 Å². The first-order valence-corrected chi connectivity index (χ1v) is 9.90. The van der Waals surface area contributed by atoms with Gasteiger partial charge < -0.3 is 14.2 Å². The summed E-state index contributed by atoms with van der Waals surface area (Å²) in [5.41, 5.74) is 2.30. The van der Waals surface area contributed by atoms with Crippen molar-refractivity contribution in [3.63, 3.8) is 0 Å². The summed E-state index contributed by atoms with van der Waals surface area (Å²) in [5.74, 6) is 1.32. The predicted molar refractivity (Wildman–Crippen MR) is 113 cm³/mol. The number of methoxy groups -OCH3 is 1. The summed E-state index contributed by atoms with van der Waals surface area (Å²) in [4.78, 5) is 0. The minimum Gasteiger partial charge on any atom is -0.497 e. The lowest BCUT2D eigenvalue weighted by Crippen LogP contribution is -2.43. The molecule has 0 spiro atoms. The molecule has 0 bridgehead atoms. The monoisotopic (exact) mass is 378 g/mol. The standard InChI is InChI=1S/C25H30O3/c1-5-23-19(3)24(18(2)10-9-13-20-11-7-6-8-12-20)28-25(27-23)21-14-16-22(26-4)17-15-21/h5-12,14-19,23-25H,1,13H2,2-4H3/t18?,19-,23+,24+,25?/m0/s1. The fraction of sp³-hybridized carbons (Fsp3) is 0.360. The van der Waals surface area contributed by atoms with Gasteiger partial charge in [0.1, 0.15) is 5.75 Å². The van der Waals surface area contributed by atoms with Gasteiger partial charge in [0.25, 0.3) is 0 Å². The van der Waals surface area contributed by atoms with Crippen LogP contribution in [0.15, 0.2) is 79.4 Å². The van der Waals surface area contributed by atoms with E-state index >= 15 is 0 Å². The van der Waals surface area contributed by atoms with E-state index in [1.54, 1.807) is 7.11 Å². The van der Waals surface area contributed by atoms with Crippen molar-refractivity contribution in [1.29, 1.82) is 0 Å². The average molecular weight is 379 g/mol. The first-order valence-electron chi connectivity index (χ1n) is 9.90. The van der Waals surface area contributed by atoms with Gasteiger partial charge in [-0.3, -0.25) is 0 Å². The maximum atomic E-state index is 6.39. The fourth-order valence-corrected chi connectivity index (χ4v) is 3.69. The fourth-order valence-electron chi connectivity index (χ4n) is 3.69. The lowest BCUT2D eigenvalue weighted by Gasteiger charge is -2.41. The highest BCUT2D eigenvalue weighted by Gasteiger charge is 2.38. The third-order valence-corrected chi connectivity index (χ3v) is 5.37. The molecule has 5 atom stereocenters. The summed E-state index contributed by atoms with van der Waals surface area (Å²) in [5, 5.41) is 0. The number of hydrogen-bond acceptors (Lipinski definition) is 3. The highest BCUT2D eigenvalue weighted by Crippen LogP contribution is 2.37. The predicted octanol–water partition coefficient (Wildman–Crippen LogP) is 5.73. The van der Waals surface area contributed by atoms with E-state index in [9.17, 15) is 0 Å². The third kappa shape index (κ3) is 4.92. The Morgan fingerprint density at radius 1 is 1.07 bits per heavy atom. The van der Waals surface area contributed by atoms with Gasteiger partial charge in [-0.25, -0.2) is 0 Å². The summed E-state index contributed by atoms with van der Waals surface area (Å²) in [6, 6.07) is 18.3. The van der Waals surface area contributed by atoms with E-state index in [2.05, 4.69) is 56.8 Å². The van der Waals surface area contributed by atoms with E-state index in [1.165, 1.54) is 5.56 Å². The summed E-state index contributed by atoms with van der Waals surface area (Å²) < 4.78 is 17.8. The second-order valence-corrected chi connectivity index (χ2v) is 7.38. The van der Waals surface area contributed by atoms with Crippen molar-refractivity contribution >= 4 is 0 Å². The molecule has 148 valence electrons. The van der Waals surface area contributed by atoms with Crippen molar-refractivity contribution in [2.75, 3.05) is 7.11 Å². The molecule has 1 fully saturated rings. The lowest BCUT2D eigenvalue weighted by molar-refractivity contribution is -0.266. The number of hydrogen-bond donors (Lipinski definition) is 0. The Morgan fingerprint density at radius 3 is 2.43 bits per heavy atom. The van der Waals surface area contributed by atoms with Gasteiger partial charge in [-0.15, -0.1) is 6.58 Å². The first-order chi connectivity index (χ1) is 13.6. The van der Waals surface area contributed by atoms with Crippen molar-refractivity contribution in [2.24, 2.45) is 11.8 Å². The molecule has 0 N–H and O–H groups in total. The van der Waals surface area contributed by atoms with Crippen LogP contribution in [0.1, 0.15) is 31.3 Å². The number of rotatable bonds is 7. The Kier molecular flexibility index (Phi) is 7.07. The van der Waals surface area contributed by atoms with E-state index in [1.807, 2.05) is 36.4 Å². The minimum absolute atomic E-state index is 0.0455. The van der Waals surface area contributed by atoms with E-state index in [0.29, 0.717) is 0 Å². The smallest absolute Gasteiger partial charge is 0.184 e. The van der Waals surface area contributed by atoms with Crippen LogP contribution in [0.3, 0.4) is 0 Å². The van der Waals surface area contributed by atoms with Crippen molar-refractivity contribution in [2.45, 2.75) is 38.8 Å². The van der Waals surface area contributed by atoms with Gasteiger partial charge in [0.05, 0.1) is 19.3 Å². The molecule has 2 aromatic carbocycles. The van der Waals surface area contributed by atoms with Gasteiger partial charge in [0, 0.05) is 17.4 Å². The summed E-state index contributed by atoms with van der Waals surface area (Å²) >= 11 is 0. The third-order valence-electron chi connectivity index (χ3n) is 5.37. The number of ether oxygens (including phenoxy) is 3. The van der Waals surface area contributed by atoms with Crippen molar-refractivity contribution in [1.82, 2.24) is 0 Å². The van der Waals surface area contributed by atoms with Crippen LogP contribution in [0.2, 0.25) is 0 Å². The van der Waals surface area contributed by atoms with Crippen molar-refractivity contribution < 1.29 is 14.2 Å². The van der Waals surface area contributed by atoms with E-state index < -0.39 is 6.29 Å². The molecule has 0 aromatic heterocycles. The van der Waals surface area contributed by atoms with Crippen LogP contribution in [0.4, 0.5) is 0 Å². The van der Waals surface area contributed by atoms with Gasteiger partial charge in [0.2, 0.25) is 0 Å². The van der Waals surface area contributed by atoms with Crippen LogP contribution in [0, 0.1) is 11.8 Å². The molecule has 1 saturated heterocycles. The number of allylic oxidation sites excluding steroid dienone is 1. The minimum atomic E-state index is -0.403. The molecule has 1 heterocycles. The lowest BCUT2D eigenvalue weighted by atomic mass is 9.87. The molecule has 2 unspecified atom stereocenters. The molecule has 0 amide bonds. The SMILES string of the molecule is C=C[C@H]1OC(c2ccc(OC)cc2)O[C@H](C(C)C=CCc2ccccc2)[C@H]1C. The van der Waals surface area contributed by atoms with E-state index in [0.717, 1.165) is 17.7 Å². The molecule has 3 heteroatoms. The maximum Gasteiger partial charge on any atom is 0.184 e. The Morgan fingerprint density at radius 2 is 1.79 bits per heavy atom. The molecule has 0 saturated carbocycles. The molecule has 0 radical (unpaired) electrons. The highest BCUT2D eigenvalue weighted by atomic mass is 16.7. The van der Waals surface area contributed by atoms with Crippen LogP contribution < -0.4 is 4.74 Å². The molecule has 3 nitrogen and oxygen atoms in total. The number of benzene rings is 2. The van der Waals surface area contributed by atoms with Crippen LogP contribution in [-0.2, 0) is 15.9 Å². The quantitative estimate of drug-likeness (QED) is 0.576. The van der Waals surface area contributed by atoms with Gasteiger partial charge in [0.15, 0.2) is 6.29 Å². The molecule has 1 aliphatic rings. The largest absolute Gasteiger partial charge is 0.497 e. The van der Waals surface area contributed by atoms with Crippen LogP contribution in [-0.4, -0.2) is 19.3 Å². The molecule has 3 rings (SSSR count). The Hall–Kier alpha value is -2.36. The van der Waals surface area contributed by atoms with E-state index in [4.69, 9.17) is 14.2 Å². The van der Waals surface area contributed by atoms with Crippen molar-refractivity contribution in [3.05, 3.63) is 90.5 Å². The second kappa shape index (κ2) is 9.72. The topological polar surface area (TPSA) is 27.7 Å². The molecule has 1 aliphatic heterocycles. The molecule has 2 aromatic rings. The normalized spacial score (nSPS) is 26.1. The van der Waals surface area contributed by atoms with Gasteiger partial charge >= 0.3 is 0 Å². The zero-order chi connectivity index (χ0) is 19.9. The second-order valence-electron chi connectivity index (χ2n) is 7.38. The average Bonchev–Trinajstić information content (AvgIpc) is 2.74. The van der Waals surface area contributed by atoms with Crippen molar-refractivity contribution in [3.8, 4) is 5.75 Å². The van der Waals surface area contributed by atoms with Gasteiger partial charge in [-0.05, 0) is 24.1 Å². The summed E-state index contributed by atoms with van der Waals surface area (Å²) in [6.45, 7) is 8.34. The highest BCUT2D eigenvalue weighted by molar-refractivity contribution is 5.28. The first kappa shape index (κ1) is 20.4. The molecule has 0 aliphatic carbocycles. The Labute approximate surface area is 168 Å². The zero-order valence-corrected chi connectivity index (χ0v) is 17.0. The summed E-state index contributed by atoms with van der Waals surface area (Å²) in [6.07, 6.45) is 6.90. The Balaban J connectivity index is 1.71. The zero-order valence-electron chi connectivity index (χ0n) is 17.0. The van der Waals surface area contributed by atoms with Crippen LogP contribution in [0.25, 0.3) is 0 Å². The summed E-state index contributed by atoms with van der Waals surface area (Å²) in [7, 11) is 1.66. The molecule has 28 heavy (non-hydrogen) atoms. The van der Waals surface area contributed by atoms with E-state index in [-0.39, 0.29) is 24.0 Å². The molecular formula is C25H30O3. The van der Waals surface area contributed by atoms with Crippen LogP contribution in [0.5, 0.6) is 5.75 Å². The molecular weight excluding hydrogens is 348 g/mol. The van der Waals surface area contributed by atoms with Gasteiger partial charge in [-0.2, -0.15) is 0 Å².